The fourth-order valence-corrected chi connectivity index (χ4v) is 14.8. The third-order valence-electron chi connectivity index (χ3n) is 2.60. The second kappa shape index (κ2) is 10.4. The van der Waals surface area contributed by atoms with E-state index in [0.29, 0.717) is 19.8 Å². The van der Waals surface area contributed by atoms with E-state index in [1.165, 1.54) is 0 Å². The van der Waals surface area contributed by atoms with Crippen LogP contribution in [0.2, 0.25) is 51.9 Å². The minimum atomic E-state index is -2.16. The van der Waals surface area contributed by atoms with Crippen molar-refractivity contribution < 1.29 is 27.9 Å². The summed E-state index contributed by atoms with van der Waals surface area (Å²) in [5.41, 5.74) is 0. The summed E-state index contributed by atoms with van der Waals surface area (Å²) < 4.78 is 23.4. The van der Waals surface area contributed by atoms with Crippen LogP contribution in [0.25, 0.3) is 0 Å². The summed E-state index contributed by atoms with van der Waals surface area (Å²) in [4.78, 5) is 0. The molecule has 140 valence electrons. The maximum atomic E-state index is 8.64. The Labute approximate surface area is 144 Å². The van der Waals surface area contributed by atoms with Gasteiger partial charge in [0.15, 0.2) is 22.9 Å². The highest BCUT2D eigenvalue weighted by molar-refractivity contribution is 6.87. The van der Waals surface area contributed by atoms with Crippen LogP contribution in [0.15, 0.2) is 0 Å². The van der Waals surface area contributed by atoms with Gasteiger partial charge in [0.05, 0.1) is 19.8 Å². The number of aliphatic hydroxyl groups is 2. The first-order chi connectivity index (χ1) is 10.3. The molecule has 23 heavy (non-hydrogen) atoms. The van der Waals surface area contributed by atoms with Crippen LogP contribution in [0.4, 0.5) is 0 Å². The van der Waals surface area contributed by atoms with Crippen molar-refractivity contribution in [2.24, 2.45) is 0 Å². The van der Waals surface area contributed by atoms with E-state index in [-0.39, 0.29) is 6.61 Å². The lowest BCUT2D eigenvalue weighted by Gasteiger charge is -2.38. The molecule has 0 unspecified atom stereocenters. The summed E-state index contributed by atoms with van der Waals surface area (Å²) in [6.45, 7) is 16.8. The van der Waals surface area contributed by atoms with Gasteiger partial charge in [0.25, 0.3) is 0 Å². The number of aliphatic hydroxyl groups excluding tert-OH is 1. The van der Waals surface area contributed by atoms with Crippen LogP contribution >= 0.6 is 0 Å². The Balaban J connectivity index is 4.11. The van der Waals surface area contributed by atoms with E-state index in [1.807, 2.05) is 0 Å². The van der Waals surface area contributed by atoms with Crippen LogP contribution in [0.1, 0.15) is 6.42 Å². The van der Waals surface area contributed by atoms with Crippen molar-refractivity contribution in [2.45, 2.75) is 64.6 Å². The Kier molecular flexibility index (Phi) is 10.6. The summed E-state index contributed by atoms with van der Waals surface area (Å²) in [5.74, 6) is 0. The van der Waals surface area contributed by atoms with Crippen molar-refractivity contribution in [3.63, 3.8) is 0 Å². The molecule has 0 aliphatic heterocycles. The molecule has 0 rings (SSSR count). The zero-order valence-corrected chi connectivity index (χ0v) is 18.8. The third-order valence-corrected chi connectivity index (χ3v) is 12.2. The minimum absolute atomic E-state index is 0.0809. The van der Waals surface area contributed by atoms with Crippen LogP contribution in [-0.2, 0) is 17.7 Å². The van der Waals surface area contributed by atoms with Gasteiger partial charge >= 0.3 is 8.56 Å². The van der Waals surface area contributed by atoms with Gasteiger partial charge in [-0.3, -0.25) is 0 Å². The van der Waals surface area contributed by atoms with Gasteiger partial charge in [-0.2, -0.15) is 0 Å². The topological polar surface area (TPSA) is 77.4 Å². The second-order valence-corrected chi connectivity index (χ2v) is 20.7. The van der Waals surface area contributed by atoms with Crippen molar-refractivity contribution in [1.82, 2.24) is 0 Å². The van der Waals surface area contributed by atoms with E-state index in [2.05, 4.69) is 45.8 Å². The van der Waals surface area contributed by atoms with Crippen LogP contribution < -0.4 is 0 Å². The van der Waals surface area contributed by atoms with Crippen molar-refractivity contribution in [2.75, 3.05) is 26.4 Å². The Morgan fingerprint density at radius 1 is 0.739 bits per heavy atom. The molecule has 0 amide bonds. The molecule has 0 aromatic heterocycles. The lowest BCUT2D eigenvalue weighted by Crippen LogP contribution is -2.52. The van der Waals surface area contributed by atoms with Crippen molar-refractivity contribution in [3.05, 3.63) is 0 Å². The molecule has 0 atom stereocenters. The molecule has 0 radical (unpaired) electrons. The Bertz CT molecular complexity index is 299. The second-order valence-electron chi connectivity index (χ2n) is 7.83. The fourth-order valence-electron chi connectivity index (χ4n) is 2.32. The molecule has 0 aliphatic carbocycles. The summed E-state index contributed by atoms with van der Waals surface area (Å²) >= 11 is 0. The van der Waals surface area contributed by atoms with E-state index >= 15 is 0 Å². The van der Waals surface area contributed by atoms with Gasteiger partial charge in [-0.25, -0.2) is 0 Å². The summed E-state index contributed by atoms with van der Waals surface area (Å²) in [5, 5.41) is 17.3. The normalized spacial score (nSPS) is 13.8. The predicted octanol–water partition coefficient (Wildman–Crippen LogP) is 2.50. The van der Waals surface area contributed by atoms with E-state index in [9.17, 15) is 0 Å². The molecule has 2 N–H and O–H groups in total. The molecule has 0 aromatic rings. The first-order valence-corrected chi connectivity index (χ1v) is 17.6. The van der Waals surface area contributed by atoms with Gasteiger partial charge < -0.3 is 27.9 Å². The minimum Gasteiger partial charge on any atom is -0.437 e. The standard InChI is InChI=1S/C14H36O6Si3/c1-21(2,3)19-23(7,20-22(4,5)6)12-8-9-17-10-11-18-13-14(15)16/h14-16H,8-13H2,1-7H3. The molecule has 0 saturated carbocycles. The maximum absolute atomic E-state index is 8.64. The Hall–Kier alpha value is 0.411. The molecule has 0 heterocycles. The highest BCUT2D eigenvalue weighted by Crippen LogP contribution is 2.25. The molecule has 0 bridgehead atoms. The first kappa shape index (κ1) is 23.4. The highest BCUT2D eigenvalue weighted by Gasteiger charge is 2.39. The van der Waals surface area contributed by atoms with Crippen molar-refractivity contribution in [1.29, 1.82) is 0 Å². The zero-order chi connectivity index (χ0) is 18.1. The van der Waals surface area contributed by atoms with Gasteiger partial charge in [0.1, 0.15) is 0 Å². The highest BCUT2D eigenvalue weighted by atomic mass is 28.5. The Morgan fingerprint density at radius 2 is 1.22 bits per heavy atom. The van der Waals surface area contributed by atoms with Crippen LogP contribution in [-0.4, -0.2) is 68.1 Å². The molecule has 0 fully saturated rings. The third kappa shape index (κ3) is 15.7. The predicted molar refractivity (Wildman–Crippen MR) is 99.8 cm³/mol. The van der Waals surface area contributed by atoms with Gasteiger partial charge in [-0.15, -0.1) is 0 Å². The average Bonchev–Trinajstić information content (AvgIpc) is 2.26. The first-order valence-electron chi connectivity index (χ1n) is 8.25. The lowest BCUT2D eigenvalue weighted by molar-refractivity contribution is -0.100. The molecule has 0 spiro atoms. The molecule has 0 aliphatic rings. The van der Waals surface area contributed by atoms with E-state index < -0.39 is 31.5 Å². The molecule has 0 aromatic carbocycles. The van der Waals surface area contributed by atoms with Gasteiger partial charge in [-0.1, -0.05) is 0 Å². The molecule has 9 heteroatoms. The smallest absolute Gasteiger partial charge is 0.314 e. The van der Waals surface area contributed by atoms with Gasteiger partial charge in [0.2, 0.25) is 0 Å². The van der Waals surface area contributed by atoms with Crippen LogP contribution in [0, 0.1) is 0 Å². The largest absolute Gasteiger partial charge is 0.437 e. The number of hydrogen-bond donors (Lipinski definition) is 2. The van der Waals surface area contributed by atoms with E-state index in [1.54, 1.807) is 0 Å². The summed E-state index contributed by atoms with van der Waals surface area (Å²) in [6.07, 6.45) is -0.514. The molecular formula is C14H36O6Si3. The fraction of sp³-hybridized carbons (Fsp3) is 1.00. The van der Waals surface area contributed by atoms with Gasteiger partial charge in [0, 0.05) is 6.61 Å². The summed E-state index contributed by atoms with van der Waals surface area (Å²) in [7, 11) is -5.44. The van der Waals surface area contributed by atoms with Crippen molar-refractivity contribution >= 4 is 25.2 Å². The van der Waals surface area contributed by atoms with Crippen molar-refractivity contribution in [3.8, 4) is 0 Å². The zero-order valence-electron chi connectivity index (χ0n) is 15.8. The van der Waals surface area contributed by atoms with Gasteiger partial charge in [-0.05, 0) is 58.3 Å². The number of hydrogen-bond acceptors (Lipinski definition) is 6. The van der Waals surface area contributed by atoms with E-state index in [0.717, 1.165) is 12.5 Å². The summed E-state index contributed by atoms with van der Waals surface area (Å²) in [6, 6.07) is 0.928. The SMILES string of the molecule is C[Si](C)(C)O[Si](C)(CCCOCCOCC(O)O)O[Si](C)(C)C. The van der Waals surface area contributed by atoms with Crippen LogP contribution in [0.5, 0.6) is 0 Å². The maximum Gasteiger partial charge on any atom is 0.314 e. The molecule has 6 nitrogen and oxygen atoms in total. The number of ether oxygens (including phenoxy) is 2. The monoisotopic (exact) mass is 384 g/mol. The quantitative estimate of drug-likeness (QED) is 0.289. The van der Waals surface area contributed by atoms with Crippen LogP contribution in [0.3, 0.4) is 0 Å². The lowest BCUT2D eigenvalue weighted by atomic mass is 10.5. The van der Waals surface area contributed by atoms with E-state index in [4.69, 9.17) is 27.9 Å². The molecular weight excluding hydrogens is 348 g/mol. The Morgan fingerprint density at radius 3 is 1.65 bits per heavy atom. The molecule has 0 saturated heterocycles. The average molecular weight is 385 g/mol. The number of rotatable bonds is 13.